The SMILES string of the molecule is CN(C)c1ccc(C(=O)OCC(=O)N2C[C@@]3(C)C[C@@H]2CC(C)(C)C3)cc1[N+](=O)[O-]. The Labute approximate surface area is 171 Å². The van der Waals surface area contributed by atoms with Crippen LogP contribution < -0.4 is 4.90 Å². The van der Waals surface area contributed by atoms with Crippen LogP contribution in [0.2, 0.25) is 0 Å². The summed E-state index contributed by atoms with van der Waals surface area (Å²) in [5, 5.41) is 11.3. The molecule has 1 aromatic carbocycles. The number of nitro groups is 1. The van der Waals surface area contributed by atoms with Gasteiger partial charge >= 0.3 is 5.97 Å². The smallest absolute Gasteiger partial charge is 0.338 e. The molecule has 3 rings (SSSR count). The summed E-state index contributed by atoms with van der Waals surface area (Å²) in [6.07, 6.45) is 3.00. The van der Waals surface area contributed by atoms with Gasteiger partial charge in [-0.2, -0.15) is 0 Å². The zero-order valence-electron chi connectivity index (χ0n) is 17.7. The molecule has 2 fully saturated rings. The zero-order valence-corrected chi connectivity index (χ0v) is 17.7. The molecule has 1 saturated heterocycles. The summed E-state index contributed by atoms with van der Waals surface area (Å²) in [6.45, 7) is 7.01. The number of benzene rings is 1. The minimum Gasteiger partial charge on any atom is -0.452 e. The molecule has 0 radical (unpaired) electrons. The van der Waals surface area contributed by atoms with Gasteiger partial charge in [0.1, 0.15) is 5.69 Å². The molecule has 1 saturated carbocycles. The number of ether oxygens (including phenoxy) is 1. The Kier molecular flexibility index (Phi) is 5.32. The average Bonchev–Trinajstić information content (AvgIpc) is 2.87. The molecule has 158 valence electrons. The maximum atomic E-state index is 12.7. The molecule has 0 unspecified atom stereocenters. The van der Waals surface area contributed by atoms with Gasteiger partial charge in [0.05, 0.1) is 10.5 Å². The molecule has 0 aromatic heterocycles. The Morgan fingerprint density at radius 3 is 2.59 bits per heavy atom. The quantitative estimate of drug-likeness (QED) is 0.426. The fourth-order valence-electron chi connectivity index (χ4n) is 5.22. The number of amides is 1. The molecular weight excluding hydrogens is 374 g/mol. The second-order valence-electron chi connectivity index (χ2n) is 9.67. The topological polar surface area (TPSA) is 93.0 Å². The highest BCUT2D eigenvalue weighted by atomic mass is 16.6. The minimum absolute atomic E-state index is 0.0587. The van der Waals surface area contributed by atoms with Crippen LogP contribution in [-0.2, 0) is 9.53 Å². The van der Waals surface area contributed by atoms with E-state index in [9.17, 15) is 19.7 Å². The van der Waals surface area contributed by atoms with Gasteiger partial charge in [-0.15, -0.1) is 0 Å². The van der Waals surface area contributed by atoms with Gasteiger partial charge < -0.3 is 14.5 Å². The number of anilines is 1. The predicted molar refractivity (Wildman–Crippen MR) is 109 cm³/mol. The van der Waals surface area contributed by atoms with E-state index < -0.39 is 10.9 Å². The first-order chi connectivity index (χ1) is 13.4. The van der Waals surface area contributed by atoms with E-state index in [1.54, 1.807) is 19.0 Å². The molecular formula is C21H29N3O5. The zero-order chi connectivity index (χ0) is 21.6. The Bertz CT molecular complexity index is 851. The molecule has 0 spiro atoms. The van der Waals surface area contributed by atoms with E-state index >= 15 is 0 Å². The Morgan fingerprint density at radius 2 is 1.97 bits per heavy atom. The highest BCUT2D eigenvalue weighted by molar-refractivity contribution is 5.93. The highest BCUT2D eigenvalue weighted by Crippen LogP contribution is 2.52. The normalized spacial score (nSPS) is 24.9. The summed E-state index contributed by atoms with van der Waals surface area (Å²) >= 11 is 0. The van der Waals surface area contributed by atoms with Crippen LogP contribution in [-0.4, -0.2) is 55.0 Å². The van der Waals surface area contributed by atoms with Crippen molar-refractivity contribution >= 4 is 23.3 Å². The molecule has 1 aromatic rings. The molecule has 8 heteroatoms. The standard InChI is InChI=1S/C21H29N3O5/c1-20(2)9-15-10-21(3,12-20)13-23(15)18(25)11-29-19(26)14-6-7-16(22(4)5)17(8-14)24(27)28/h6-8,15H,9-13H2,1-5H3/t15-,21-/m0/s1. The molecule has 0 N–H and O–H groups in total. The number of nitrogens with zero attached hydrogens (tertiary/aromatic N) is 3. The third kappa shape index (κ3) is 4.36. The number of likely N-dealkylation sites (tertiary alicyclic amines) is 1. The van der Waals surface area contributed by atoms with E-state index in [1.807, 2.05) is 4.90 Å². The van der Waals surface area contributed by atoms with E-state index in [4.69, 9.17) is 4.74 Å². The molecule has 2 atom stereocenters. The Morgan fingerprint density at radius 1 is 1.28 bits per heavy atom. The Hall–Kier alpha value is -2.64. The Balaban J connectivity index is 1.66. The number of nitro benzene ring substituents is 1. The lowest BCUT2D eigenvalue weighted by Crippen LogP contribution is -2.39. The van der Waals surface area contributed by atoms with E-state index in [-0.39, 0.29) is 40.6 Å². The second-order valence-corrected chi connectivity index (χ2v) is 9.67. The first kappa shape index (κ1) is 21.1. The van der Waals surface area contributed by atoms with Crippen molar-refractivity contribution in [3.63, 3.8) is 0 Å². The minimum atomic E-state index is -0.736. The van der Waals surface area contributed by atoms with Crippen molar-refractivity contribution in [2.75, 3.05) is 32.1 Å². The van der Waals surface area contributed by atoms with Crippen molar-refractivity contribution in [2.24, 2.45) is 10.8 Å². The predicted octanol–water partition coefficient (Wildman–Crippen LogP) is 3.24. The van der Waals surface area contributed by atoms with Gasteiger partial charge in [-0.3, -0.25) is 14.9 Å². The highest BCUT2D eigenvalue weighted by Gasteiger charge is 2.50. The summed E-state index contributed by atoms with van der Waals surface area (Å²) in [7, 11) is 3.38. The first-order valence-corrected chi connectivity index (χ1v) is 9.83. The monoisotopic (exact) mass is 403 g/mol. The summed E-state index contributed by atoms with van der Waals surface area (Å²) in [5.74, 6) is -0.940. The van der Waals surface area contributed by atoms with Crippen molar-refractivity contribution in [1.29, 1.82) is 0 Å². The van der Waals surface area contributed by atoms with E-state index in [1.165, 1.54) is 18.2 Å². The van der Waals surface area contributed by atoms with Crippen LogP contribution in [0.5, 0.6) is 0 Å². The maximum absolute atomic E-state index is 12.7. The van der Waals surface area contributed by atoms with Crippen LogP contribution in [0.1, 0.15) is 50.4 Å². The van der Waals surface area contributed by atoms with Crippen LogP contribution >= 0.6 is 0 Å². The molecule has 2 bridgehead atoms. The van der Waals surface area contributed by atoms with Crippen molar-refractivity contribution in [3.05, 3.63) is 33.9 Å². The van der Waals surface area contributed by atoms with Gasteiger partial charge in [0, 0.05) is 32.7 Å². The molecule has 8 nitrogen and oxygen atoms in total. The lowest BCUT2D eigenvalue weighted by atomic mass is 9.65. The van der Waals surface area contributed by atoms with Gasteiger partial charge in [-0.25, -0.2) is 4.79 Å². The van der Waals surface area contributed by atoms with Crippen LogP contribution in [0.3, 0.4) is 0 Å². The fraction of sp³-hybridized carbons (Fsp3) is 0.619. The van der Waals surface area contributed by atoms with Gasteiger partial charge in [-0.1, -0.05) is 20.8 Å². The van der Waals surface area contributed by atoms with E-state index in [0.717, 1.165) is 19.3 Å². The van der Waals surface area contributed by atoms with E-state index in [2.05, 4.69) is 20.8 Å². The maximum Gasteiger partial charge on any atom is 0.338 e. The molecule has 1 heterocycles. The number of hydrogen-bond acceptors (Lipinski definition) is 6. The average molecular weight is 403 g/mol. The fourth-order valence-corrected chi connectivity index (χ4v) is 5.22. The lowest BCUT2D eigenvalue weighted by molar-refractivity contribution is -0.384. The number of carbonyl (C=O) groups excluding carboxylic acids is 2. The van der Waals surface area contributed by atoms with Gasteiger partial charge in [-0.05, 0) is 42.2 Å². The third-order valence-corrected chi connectivity index (χ3v) is 5.95. The van der Waals surface area contributed by atoms with Crippen molar-refractivity contribution in [2.45, 2.75) is 46.1 Å². The summed E-state index contributed by atoms with van der Waals surface area (Å²) in [4.78, 5) is 39.3. The largest absolute Gasteiger partial charge is 0.452 e. The molecule has 1 aliphatic carbocycles. The number of fused-ring (bicyclic) bond motifs is 2. The van der Waals surface area contributed by atoms with Gasteiger partial charge in [0.25, 0.3) is 11.6 Å². The van der Waals surface area contributed by atoms with Gasteiger partial charge in [0.2, 0.25) is 0 Å². The number of hydrogen-bond donors (Lipinski definition) is 0. The molecule has 2 aliphatic rings. The number of carbonyl (C=O) groups is 2. The van der Waals surface area contributed by atoms with Crippen molar-refractivity contribution < 1.29 is 19.2 Å². The number of rotatable bonds is 5. The van der Waals surface area contributed by atoms with Crippen LogP contribution in [0.15, 0.2) is 18.2 Å². The molecule has 1 amide bonds. The van der Waals surface area contributed by atoms with Crippen molar-refractivity contribution in [1.82, 2.24) is 4.90 Å². The van der Waals surface area contributed by atoms with Crippen LogP contribution in [0.25, 0.3) is 0 Å². The summed E-state index contributed by atoms with van der Waals surface area (Å²) < 4.78 is 5.20. The van der Waals surface area contributed by atoms with Gasteiger partial charge in [0.15, 0.2) is 6.61 Å². The summed E-state index contributed by atoms with van der Waals surface area (Å²) in [5.41, 5.74) is 0.566. The first-order valence-electron chi connectivity index (χ1n) is 9.83. The van der Waals surface area contributed by atoms with E-state index in [0.29, 0.717) is 12.2 Å². The second kappa shape index (κ2) is 7.31. The molecule has 1 aliphatic heterocycles. The third-order valence-electron chi connectivity index (χ3n) is 5.95. The molecule has 29 heavy (non-hydrogen) atoms. The van der Waals surface area contributed by atoms with Crippen LogP contribution in [0, 0.1) is 20.9 Å². The summed E-state index contributed by atoms with van der Waals surface area (Å²) in [6, 6.07) is 4.34. The van der Waals surface area contributed by atoms with Crippen molar-refractivity contribution in [3.8, 4) is 0 Å². The lowest BCUT2D eigenvalue weighted by Gasteiger charge is -2.39. The van der Waals surface area contributed by atoms with Crippen LogP contribution in [0.4, 0.5) is 11.4 Å². The number of esters is 1.